The number of sulfonamides is 1. The maximum atomic E-state index is 13.2. The minimum Gasteiger partial charge on any atom is -0.312 e. The smallest absolute Gasteiger partial charge is 0.279 e. The summed E-state index contributed by atoms with van der Waals surface area (Å²) in [4.78, 5) is 18.2. The van der Waals surface area contributed by atoms with Crippen LogP contribution in [-0.4, -0.2) is 36.3 Å². The van der Waals surface area contributed by atoms with Crippen molar-refractivity contribution in [2.45, 2.75) is 64.8 Å². The van der Waals surface area contributed by atoms with Gasteiger partial charge in [0, 0.05) is 25.2 Å². The predicted octanol–water partition coefficient (Wildman–Crippen LogP) is 5.84. The van der Waals surface area contributed by atoms with Gasteiger partial charge >= 0.3 is 0 Å². The van der Waals surface area contributed by atoms with Crippen LogP contribution in [0, 0.1) is 13.8 Å². The van der Waals surface area contributed by atoms with Crippen molar-refractivity contribution in [3.8, 4) is 0 Å². The second-order valence-electron chi connectivity index (χ2n) is 8.74. The fourth-order valence-corrected chi connectivity index (χ4v) is 6.44. The summed E-state index contributed by atoms with van der Waals surface area (Å²) in [6.07, 6.45) is 5.27. The van der Waals surface area contributed by atoms with Crippen LogP contribution in [0.2, 0.25) is 0 Å². The molecule has 0 N–H and O–H groups in total. The van der Waals surface area contributed by atoms with E-state index in [0.29, 0.717) is 30.0 Å². The summed E-state index contributed by atoms with van der Waals surface area (Å²) in [7, 11) is -3.61. The van der Waals surface area contributed by atoms with E-state index in [1.54, 1.807) is 22.5 Å². The molecule has 0 spiro atoms. The van der Waals surface area contributed by atoms with Crippen molar-refractivity contribution >= 4 is 37.5 Å². The van der Waals surface area contributed by atoms with Gasteiger partial charge in [-0.15, -0.1) is 6.58 Å². The number of carbonyl (C=O) groups excluding carboxylic acids is 1. The molecule has 35 heavy (non-hydrogen) atoms. The highest BCUT2D eigenvalue weighted by Gasteiger charge is 2.23. The number of unbranched alkanes of at least 4 members (excludes halogenated alkanes) is 2. The van der Waals surface area contributed by atoms with E-state index < -0.39 is 15.9 Å². The molecule has 2 aromatic carbocycles. The Labute approximate surface area is 212 Å². The number of hydrogen-bond acceptors (Lipinski definition) is 4. The van der Waals surface area contributed by atoms with E-state index in [0.717, 1.165) is 35.9 Å². The molecule has 1 aromatic heterocycles. The molecule has 0 atom stereocenters. The molecule has 0 radical (unpaired) electrons. The number of rotatable bonds is 11. The Kier molecular flexibility index (Phi) is 9.21. The molecule has 188 valence electrons. The molecule has 1 amide bonds. The highest BCUT2D eigenvalue weighted by atomic mass is 32.2. The normalized spacial score (nSPS) is 12.5. The zero-order valence-corrected chi connectivity index (χ0v) is 22.7. The maximum Gasteiger partial charge on any atom is 0.279 e. The second-order valence-corrected chi connectivity index (χ2v) is 11.7. The van der Waals surface area contributed by atoms with Gasteiger partial charge < -0.3 is 4.57 Å². The van der Waals surface area contributed by atoms with Crippen molar-refractivity contribution in [1.29, 1.82) is 0 Å². The van der Waals surface area contributed by atoms with Crippen molar-refractivity contribution in [3.63, 3.8) is 0 Å². The third-order valence-electron chi connectivity index (χ3n) is 6.07. The first-order valence-corrected chi connectivity index (χ1v) is 14.4. The molecule has 0 aliphatic rings. The summed E-state index contributed by atoms with van der Waals surface area (Å²) in [5.41, 5.74) is 3.73. The number of aryl methyl sites for hydroxylation is 2. The van der Waals surface area contributed by atoms with Gasteiger partial charge in [-0.3, -0.25) is 4.79 Å². The lowest BCUT2D eigenvalue weighted by molar-refractivity contribution is 0.0997. The van der Waals surface area contributed by atoms with Crippen molar-refractivity contribution in [3.05, 3.63) is 70.5 Å². The van der Waals surface area contributed by atoms with Crippen LogP contribution < -0.4 is 4.80 Å². The van der Waals surface area contributed by atoms with E-state index >= 15 is 0 Å². The Bertz CT molecular complexity index is 1360. The Balaban J connectivity index is 1.93. The number of amides is 1. The van der Waals surface area contributed by atoms with Gasteiger partial charge in [0.15, 0.2) is 4.80 Å². The minimum atomic E-state index is -3.61. The fraction of sp³-hybridized carbons (Fsp3) is 0.407. The van der Waals surface area contributed by atoms with Crippen molar-refractivity contribution in [2.24, 2.45) is 4.99 Å². The minimum absolute atomic E-state index is 0.204. The highest BCUT2D eigenvalue weighted by Crippen LogP contribution is 2.23. The molecule has 3 aromatic rings. The van der Waals surface area contributed by atoms with E-state index in [9.17, 15) is 13.2 Å². The molecule has 0 aliphatic carbocycles. The van der Waals surface area contributed by atoms with Gasteiger partial charge in [0.2, 0.25) is 10.0 Å². The number of aromatic nitrogens is 1. The van der Waals surface area contributed by atoms with Crippen LogP contribution in [-0.2, 0) is 16.6 Å². The summed E-state index contributed by atoms with van der Waals surface area (Å²) >= 11 is 1.46. The Morgan fingerprint density at radius 2 is 1.66 bits per heavy atom. The molecule has 8 heteroatoms. The lowest BCUT2D eigenvalue weighted by Gasteiger charge is -2.22. The fourth-order valence-electron chi connectivity index (χ4n) is 3.80. The molecule has 0 saturated carbocycles. The first-order valence-electron chi connectivity index (χ1n) is 12.1. The van der Waals surface area contributed by atoms with Crippen LogP contribution >= 0.6 is 11.3 Å². The summed E-state index contributed by atoms with van der Waals surface area (Å²) in [6.45, 7) is 13.6. The number of nitrogens with zero attached hydrogens (tertiary/aromatic N) is 3. The molecule has 0 unspecified atom stereocenters. The van der Waals surface area contributed by atoms with Crippen LogP contribution in [0.5, 0.6) is 0 Å². The number of allylic oxidation sites excluding steroid dienone is 1. The summed E-state index contributed by atoms with van der Waals surface area (Å²) in [6, 6.07) is 10.3. The number of thiazole rings is 1. The highest BCUT2D eigenvalue weighted by molar-refractivity contribution is 7.89. The molecule has 0 saturated heterocycles. The van der Waals surface area contributed by atoms with Crippen LogP contribution in [0.25, 0.3) is 10.2 Å². The van der Waals surface area contributed by atoms with E-state index in [-0.39, 0.29) is 4.90 Å². The standard InChI is InChI=1S/C27H35N3O3S2/c1-6-9-16-29(17-10-7-2)35(32,33)23-13-11-22(12-14-23)26(31)28-27-30(15-8-3)24-18-20(4)21(5)19-25(24)34-27/h8,11-14,18-19H,3,6-7,9-10,15-17H2,1-2,4-5H3. The second kappa shape index (κ2) is 11.9. The molecule has 0 aliphatic heterocycles. The quantitative estimate of drug-likeness (QED) is 0.303. The van der Waals surface area contributed by atoms with Gasteiger partial charge in [-0.25, -0.2) is 8.42 Å². The van der Waals surface area contributed by atoms with Gasteiger partial charge in [-0.05, 0) is 74.2 Å². The third kappa shape index (κ3) is 6.18. The average molecular weight is 514 g/mol. The Hall–Kier alpha value is -2.55. The molecule has 0 fully saturated rings. The van der Waals surface area contributed by atoms with E-state index in [4.69, 9.17) is 0 Å². The molecule has 1 heterocycles. The number of carbonyl (C=O) groups is 1. The zero-order valence-electron chi connectivity index (χ0n) is 21.1. The van der Waals surface area contributed by atoms with Crippen LogP contribution in [0.4, 0.5) is 0 Å². The van der Waals surface area contributed by atoms with Crippen molar-refractivity contribution in [1.82, 2.24) is 8.87 Å². The number of fused-ring (bicyclic) bond motifs is 1. The molecule has 0 bridgehead atoms. The summed E-state index contributed by atoms with van der Waals surface area (Å²) in [5.74, 6) is -0.402. The average Bonchev–Trinajstić information content (AvgIpc) is 3.15. The first-order chi connectivity index (χ1) is 16.7. The lowest BCUT2D eigenvalue weighted by atomic mass is 10.1. The summed E-state index contributed by atoms with van der Waals surface area (Å²) in [5, 5.41) is 0. The predicted molar refractivity (Wildman–Crippen MR) is 144 cm³/mol. The SMILES string of the molecule is C=CCn1c(=NC(=O)c2ccc(S(=O)(=O)N(CCCC)CCCC)cc2)sc2cc(C)c(C)cc21. The third-order valence-corrected chi connectivity index (χ3v) is 9.02. The van der Waals surface area contributed by atoms with Gasteiger partial charge in [-0.1, -0.05) is 44.1 Å². The Morgan fingerprint density at radius 1 is 1.06 bits per heavy atom. The molecular formula is C27H35N3O3S2. The topological polar surface area (TPSA) is 71.7 Å². The molecule has 3 rings (SSSR count). The van der Waals surface area contributed by atoms with E-state index in [1.807, 2.05) is 18.4 Å². The van der Waals surface area contributed by atoms with Gasteiger partial charge in [-0.2, -0.15) is 9.30 Å². The van der Waals surface area contributed by atoms with Crippen molar-refractivity contribution < 1.29 is 13.2 Å². The van der Waals surface area contributed by atoms with Crippen LogP contribution in [0.3, 0.4) is 0 Å². The summed E-state index contributed by atoms with van der Waals surface area (Å²) < 4.78 is 31.0. The van der Waals surface area contributed by atoms with Crippen LogP contribution in [0.1, 0.15) is 61.0 Å². The molecular weight excluding hydrogens is 478 g/mol. The first kappa shape index (κ1) is 27.0. The Morgan fingerprint density at radius 3 is 2.23 bits per heavy atom. The number of benzene rings is 2. The largest absolute Gasteiger partial charge is 0.312 e. The van der Waals surface area contributed by atoms with Crippen molar-refractivity contribution in [2.75, 3.05) is 13.1 Å². The maximum absolute atomic E-state index is 13.2. The lowest BCUT2D eigenvalue weighted by Crippen LogP contribution is -2.33. The van der Waals surface area contributed by atoms with E-state index in [2.05, 4.69) is 37.6 Å². The zero-order chi connectivity index (χ0) is 25.6. The molecule has 6 nitrogen and oxygen atoms in total. The van der Waals surface area contributed by atoms with Gasteiger partial charge in [0.1, 0.15) is 0 Å². The monoisotopic (exact) mass is 513 g/mol. The van der Waals surface area contributed by atoms with Crippen LogP contribution in [0.15, 0.2) is 58.9 Å². The van der Waals surface area contributed by atoms with E-state index in [1.165, 1.54) is 34.6 Å². The number of hydrogen-bond donors (Lipinski definition) is 0. The van der Waals surface area contributed by atoms with Gasteiger partial charge in [0.05, 0.1) is 15.1 Å². The van der Waals surface area contributed by atoms with Gasteiger partial charge in [0.25, 0.3) is 5.91 Å².